The first-order chi connectivity index (χ1) is 8.50. The highest BCUT2D eigenvalue weighted by atomic mass is 35.5. The number of carbonyl (C=O) groups excluding carboxylic acids is 1. The Bertz CT molecular complexity index is 317. The second kappa shape index (κ2) is 6.45. The molecule has 2 rings (SSSR count). The third-order valence-electron chi connectivity index (χ3n) is 5.59. The van der Waals surface area contributed by atoms with E-state index in [2.05, 4.69) is 25.7 Å². The molecule has 0 bridgehead atoms. The first kappa shape index (κ1) is 16.8. The van der Waals surface area contributed by atoms with Crippen LogP contribution in [-0.2, 0) is 4.79 Å². The van der Waals surface area contributed by atoms with E-state index < -0.39 is 0 Å². The predicted molar refractivity (Wildman–Crippen MR) is 81.3 cm³/mol. The zero-order chi connectivity index (χ0) is 13.3. The normalized spacial score (nSPS) is 28.2. The number of piperidine rings is 1. The summed E-state index contributed by atoms with van der Waals surface area (Å²) in [7, 11) is 0. The van der Waals surface area contributed by atoms with Gasteiger partial charge in [-0.25, -0.2) is 0 Å². The van der Waals surface area contributed by atoms with Gasteiger partial charge in [-0.15, -0.1) is 12.4 Å². The summed E-state index contributed by atoms with van der Waals surface area (Å²) in [5, 5.41) is 0. The first-order valence-corrected chi connectivity index (χ1v) is 7.54. The minimum atomic E-state index is -0.305. The fourth-order valence-corrected chi connectivity index (χ4v) is 3.45. The lowest BCUT2D eigenvalue weighted by Gasteiger charge is -2.53. The molecule has 2 fully saturated rings. The van der Waals surface area contributed by atoms with Crippen LogP contribution >= 0.6 is 12.4 Å². The predicted octanol–water partition coefficient (Wildman–Crippen LogP) is 2.82. The highest BCUT2D eigenvalue weighted by Crippen LogP contribution is 2.50. The van der Waals surface area contributed by atoms with Crippen LogP contribution in [0.3, 0.4) is 0 Å². The molecule has 3 nitrogen and oxygen atoms in total. The van der Waals surface area contributed by atoms with Gasteiger partial charge in [-0.05, 0) is 36.5 Å². The summed E-state index contributed by atoms with van der Waals surface area (Å²) >= 11 is 0. The summed E-state index contributed by atoms with van der Waals surface area (Å²) in [5.41, 5.74) is 6.53. The van der Waals surface area contributed by atoms with Gasteiger partial charge in [0.2, 0.25) is 5.91 Å². The average Bonchev–Trinajstić information content (AvgIpc) is 2.34. The number of nitrogens with zero attached hydrogens (tertiary/aromatic N) is 1. The number of hydrogen-bond donors (Lipinski definition) is 1. The van der Waals surface area contributed by atoms with E-state index >= 15 is 0 Å². The molecule has 1 amide bonds. The van der Waals surface area contributed by atoms with Crippen molar-refractivity contribution in [1.82, 2.24) is 4.90 Å². The molecule has 3 unspecified atom stereocenters. The Morgan fingerprint density at radius 2 is 2.11 bits per heavy atom. The SMILES string of the molecule is CCC(C)C(N)C(=O)N1CCC(C)C2(CCC2)C1.Cl. The van der Waals surface area contributed by atoms with Crippen molar-refractivity contribution in [2.24, 2.45) is 23.0 Å². The molecule has 2 aliphatic rings. The van der Waals surface area contributed by atoms with Gasteiger partial charge in [0.25, 0.3) is 0 Å². The summed E-state index contributed by atoms with van der Waals surface area (Å²) in [6, 6.07) is -0.305. The summed E-state index contributed by atoms with van der Waals surface area (Å²) in [6.07, 6.45) is 6.07. The Morgan fingerprint density at radius 1 is 1.47 bits per heavy atom. The summed E-state index contributed by atoms with van der Waals surface area (Å²) < 4.78 is 0. The van der Waals surface area contributed by atoms with Crippen molar-refractivity contribution in [3.05, 3.63) is 0 Å². The minimum Gasteiger partial charge on any atom is -0.341 e. The van der Waals surface area contributed by atoms with Crippen LogP contribution < -0.4 is 5.73 Å². The third-order valence-corrected chi connectivity index (χ3v) is 5.59. The Balaban J connectivity index is 0.00000180. The molecule has 0 radical (unpaired) electrons. The van der Waals surface area contributed by atoms with Crippen LogP contribution in [0.15, 0.2) is 0 Å². The van der Waals surface area contributed by atoms with Gasteiger partial charge in [0.15, 0.2) is 0 Å². The molecule has 0 aromatic rings. The van der Waals surface area contributed by atoms with Crippen LogP contribution in [0.5, 0.6) is 0 Å². The van der Waals surface area contributed by atoms with E-state index in [1.54, 1.807) is 0 Å². The van der Waals surface area contributed by atoms with Gasteiger partial charge in [-0.3, -0.25) is 4.79 Å². The van der Waals surface area contributed by atoms with E-state index in [1.165, 1.54) is 19.3 Å². The van der Waals surface area contributed by atoms with Gasteiger partial charge >= 0.3 is 0 Å². The highest BCUT2D eigenvalue weighted by molar-refractivity contribution is 5.85. The zero-order valence-electron chi connectivity index (χ0n) is 12.5. The van der Waals surface area contributed by atoms with Gasteiger partial charge in [-0.2, -0.15) is 0 Å². The molecule has 1 aliphatic heterocycles. The number of carbonyl (C=O) groups is 1. The molecule has 19 heavy (non-hydrogen) atoms. The molecular weight excluding hydrogens is 260 g/mol. The fourth-order valence-electron chi connectivity index (χ4n) is 3.45. The Morgan fingerprint density at radius 3 is 2.58 bits per heavy atom. The van der Waals surface area contributed by atoms with Crippen molar-refractivity contribution in [2.45, 2.75) is 58.9 Å². The Kier molecular flexibility index (Phi) is 5.69. The molecular formula is C15H29ClN2O. The molecule has 4 heteroatoms. The van der Waals surface area contributed by atoms with Gasteiger partial charge in [0, 0.05) is 13.1 Å². The third kappa shape index (κ3) is 3.08. The second-order valence-electron chi connectivity index (χ2n) is 6.58. The van der Waals surface area contributed by atoms with E-state index in [0.717, 1.165) is 31.8 Å². The number of likely N-dealkylation sites (tertiary alicyclic amines) is 1. The number of amides is 1. The molecule has 1 saturated heterocycles. The van der Waals surface area contributed by atoms with Crippen molar-refractivity contribution in [3.63, 3.8) is 0 Å². The molecule has 1 saturated carbocycles. The lowest BCUT2D eigenvalue weighted by molar-refractivity contribution is -0.141. The van der Waals surface area contributed by atoms with E-state index in [-0.39, 0.29) is 30.3 Å². The molecule has 0 aromatic heterocycles. The van der Waals surface area contributed by atoms with Gasteiger partial charge in [0.05, 0.1) is 6.04 Å². The lowest BCUT2D eigenvalue weighted by Crippen LogP contribution is -2.57. The van der Waals surface area contributed by atoms with E-state index in [1.807, 2.05) is 0 Å². The quantitative estimate of drug-likeness (QED) is 0.868. The topological polar surface area (TPSA) is 46.3 Å². The highest BCUT2D eigenvalue weighted by Gasteiger charge is 2.46. The standard InChI is InChI=1S/C15H28N2O.ClH/c1-4-11(2)13(16)14(18)17-9-6-12(3)15(10-17)7-5-8-15;/h11-13H,4-10,16H2,1-3H3;1H. The van der Waals surface area contributed by atoms with Crippen LogP contribution in [0.2, 0.25) is 0 Å². The number of nitrogens with two attached hydrogens (primary N) is 1. The second-order valence-corrected chi connectivity index (χ2v) is 6.58. The molecule has 3 atom stereocenters. The van der Waals surface area contributed by atoms with Crippen LogP contribution in [0, 0.1) is 17.3 Å². The van der Waals surface area contributed by atoms with E-state index in [9.17, 15) is 4.79 Å². The van der Waals surface area contributed by atoms with E-state index in [4.69, 9.17) is 5.73 Å². The minimum absolute atomic E-state index is 0. The first-order valence-electron chi connectivity index (χ1n) is 7.54. The van der Waals surface area contributed by atoms with Crippen molar-refractivity contribution < 1.29 is 4.79 Å². The number of hydrogen-bond acceptors (Lipinski definition) is 2. The van der Waals surface area contributed by atoms with Crippen LogP contribution in [0.25, 0.3) is 0 Å². The summed E-state index contributed by atoms with van der Waals surface area (Å²) in [4.78, 5) is 14.5. The summed E-state index contributed by atoms with van der Waals surface area (Å²) in [6.45, 7) is 8.40. The van der Waals surface area contributed by atoms with E-state index in [0.29, 0.717) is 5.41 Å². The van der Waals surface area contributed by atoms with Gasteiger partial charge < -0.3 is 10.6 Å². The molecule has 1 aliphatic carbocycles. The molecule has 1 heterocycles. The largest absolute Gasteiger partial charge is 0.341 e. The fraction of sp³-hybridized carbons (Fsp3) is 0.933. The molecule has 1 spiro atoms. The molecule has 2 N–H and O–H groups in total. The summed E-state index contributed by atoms with van der Waals surface area (Å²) in [5.74, 6) is 1.24. The lowest BCUT2D eigenvalue weighted by atomic mass is 9.59. The smallest absolute Gasteiger partial charge is 0.239 e. The van der Waals surface area contributed by atoms with Crippen molar-refractivity contribution in [3.8, 4) is 0 Å². The maximum Gasteiger partial charge on any atom is 0.239 e. The average molecular weight is 289 g/mol. The van der Waals surface area contributed by atoms with Gasteiger partial charge in [0.1, 0.15) is 0 Å². The van der Waals surface area contributed by atoms with Crippen molar-refractivity contribution in [2.75, 3.05) is 13.1 Å². The molecule has 112 valence electrons. The van der Waals surface area contributed by atoms with Gasteiger partial charge in [-0.1, -0.05) is 33.6 Å². The van der Waals surface area contributed by atoms with Crippen LogP contribution in [-0.4, -0.2) is 29.9 Å². The number of halogens is 1. The van der Waals surface area contributed by atoms with Crippen molar-refractivity contribution in [1.29, 1.82) is 0 Å². The van der Waals surface area contributed by atoms with Crippen LogP contribution in [0.1, 0.15) is 52.9 Å². The monoisotopic (exact) mass is 288 g/mol. The number of rotatable bonds is 3. The molecule has 0 aromatic carbocycles. The van der Waals surface area contributed by atoms with Crippen LogP contribution in [0.4, 0.5) is 0 Å². The maximum atomic E-state index is 12.4. The van der Waals surface area contributed by atoms with Crippen molar-refractivity contribution >= 4 is 18.3 Å². The maximum absolute atomic E-state index is 12.4. The Labute approximate surface area is 123 Å². The Hall–Kier alpha value is -0.280. The zero-order valence-corrected chi connectivity index (χ0v) is 13.3.